The quantitative estimate of drug-likeness (QED) is 0.283. The summed E-state index contributed by atoms with van der Waals surface area (Å²) in [7, 11) is 1.72. The number of pyridine rings is 1. The van der Waals surface area contributed by atoms with E-state index < -0.39 is 0 Å². The van der Waals surface area contributed by atoms with Gasteiger partial charge in [-0.25, -0.2) is 4.39 Å². The first kappa shape index (κ1) is 20.4. The second-order valence-electron chi connectivity index (χ2n) is 6.15. The smallest absolute Gasteiger partial charge is 0.191 e. The lowest BCUT2D eigenvalue weighted by molar-refractivity contribution is 0.320. The van der Waals surface area contributed by atoms with Crippen molar-refractivity contribution in [3.05, 3.63) is 60.2 Å². The van der Waals surface area contributed by atoms with E-state index in [0.717, 1.165) is 24.2 Å². The maximum absolute atomic E-state index is 14.0. The summed E-state index contributed by atoms with van der Waals surface area (Å²) in [5.74, 6) is 1.30. The first-order valence-corrected chi connectivity index (χ1v) is 8.46. The molecule has 0 aliphatic heterocycles. The molecule has 140 valence electrons. The number of aromatic nitrogens is 1. The average molecular weight is 470 g/mol. The van der Waals surface area contributed by atoms with Crippen LogP contribution in [-0.2, 0) is 5.41 Å². The van der Waals surface area contributed by atoms with Crippen molar-refractivity contribution >= 4 is 29.9 Å². The molecule has 3 rings (SSSR count). The fourth-order valence-electron chi connectivity index (χ4n) is 2.83. The summed E-state index contributed by atoms with van der Waals surface area (Å²) in [6.45, 7) is 1.78. The third-order valence-corrected chi connectivity index (χ3v) is 4.41. The zero-order valence-electron chi connectivity index (χ0n) is 14.7. The number of rotatable bonds is 7. The van der Waals surface area contributed by atoms with Crippen LogP contribution in [0.2, 0.25) is 0 Å². The highest BCUT2D eigenvalue weighted by molar-refractivity contribution is 14.0. The van der Waals surface area contributed by atoms with Gasteiger partial charge < -0.3 is 15.4 Å². The fraction of sp³-hybridized carbons (Fsp3) is 0.368. The maximum atomic E-state index is 14.0. The van der Waals surface area contributed by atoms with Gasteiger partial charge in [-0.2, -0.15) is 0 Å². The van der Waals surface area contributed by atoms with Gasteiger partial charge in [0.2, 0.25) is 0 Å². The van der Waals surface area contributed by atoms with Crippen molar-refractivity contribution in [3.8, 4) is 5.75 Å². The lowest BCUT2D eigenvalue weighted by atomic mass is 9.95. The van der Waals surface area contributed by atoms with Crippen LogP contribution in [0.1, 0.15) is 18.4 Å². The van der Waals surface area contributed by atoms with Crippen LogP contribution in [0.15, 0.2) is 53.8 Å². The highest BCUT2D eigenvalue weighted by atomic mass is 127. The summed E-state index contributed by atoms with van der Waals surface area (Å²) in [5.41, 5.74) is 0.674. The third-order valence-electron chi connectivity index (χ3n) is 4.41. The minimum atomic E-state index is -0.130. The van der Waals surface area contributed by atoms with Gasteiger partial charge in [0.1, 0.15) is 18.2 Å². The lowest BCUT2D eigenvalue weighted by Gasteiger charge is -2.19. The van der Waals surface area contributed by atoms with Gasteiger partial charge in [0.15, 0.2) is 5.96 Å². The van der Waals surface area contributed by atoms with E-state index in [-0.39, 0.29) is 35.2 Å². The Hall–Kier alpha value is -1.90. The number of nitrogens with zero attached hydrogens (tertiary/aromatic N) is 2. The highest BCUT2D eigenvalue weighted by Crippen LogP contribution is 2.48. The molecule has 1 aliphatic carbocycles. The molecule has 7 heteroatoms. The summed E-state index contributed by atoms with van der Waals surface area (Å²) in [5, 5.41) is 6.51. The number of hydrogen-bond donors (Lipinski definition) is 2. The molecule has 0 atom stereocenters. The molecule has 1 aromatic carbocycles. The Kier molecular flexibility index (Phi) is 7.62. The molecule has 1 aliphatic rings. The Morgan fingerprint density at radius 2 is 2.04 bits per heavy atom. The van der Waals surface area contributed by atoms with E-state index in [0.29, 0.717) is 25.7 Å². The summed E-state index contributed by atoms with van der Waals surface area (Å²) in [6.07, 6.45) is 5.36. The molecule has 26 heavy (non-hydrogen) atoms. The number of aliphatic imine (C=N–C) groups is 1. The van der Waals surface area contributed by atoms with E-state index >= 15 is 0 Å². The van der Waals surface area contributed by atoms with Crippen LogP contribution >= 0.6 is 24.0 Å². The predicted molar refractivity (Wildman–Crippen MR) is 112 cm³/mol. The molecular formula is C19H24FIN4O. The van der Waals surface area contributed by atoms with Crippen LogP contribution < -0.4 is 15.4 Å². The molecule has 2 N–H and O–H groups in total. The number of guanidine groups is 1. The van der Waals surface area contributed by atoms with Gasteiger partial charge in [-0.1, -0.05) is 18.2 Å². The van der Waals surface area contributed by atoms with Crippen LogP contribution in [0.3, 0.4) is 0 Å². The van der Waals surface area contributed by atoms with Crippen molar-refractivity contribution in [1.82, 2.24) is 15.6 Å². The molecule has 1 aromatic heterocycles. The summed E-state index contributed by atoms with van der Waals surface area (Å²) >= 11 is 0. The van der Waals surface area contributed by atoms with Gasteiger partial charge in [0.25, 0.3) is 0 Å². The number of ether oxygens (including phenoxy) is 1. The first-order valence-electron chi connectivity index (χ1n) is 8.46. The van der Waals surface area contributed by atoms with E-state index in [1.807, 2.05) is 24.3 Å². The Bertz CT molecular complexity index is 722. The molecule has 1 heterocycles. The van der Waals surface area contributed by atoms with Crippen LogP contribution in [0.25, 0.3) is 0 Å². The molecule has 0 bridgehead atoms. The van der Waals surface area contributed by atoms with Crippen molar-refractivity contribution in [3.63, 3.8) is 0 Å². The predicted octanol–water partition coefficient (Wildman–Crippen LogP) is 3.11. The molecule has 0 radical (unpaired) electrons. The van der Waals surface area contributed by atoms with Crippen molar-refractivity contribution in [2.75, 3.05) is 26.7 Å². The number of halogens is 2. The largest absolute Gasteiger partial charge is 0.490 e. The molecule has 2 aromatic rings. The highest BCUT2D eigenvalue weighted by Gasteiger charge is 2.45. The Balaban J connectivity index is 0.00000243. The fourth-order valence-corrected chi connectivity index (χ4v) is 2.83. The Labute approximate surface area is 170 Å². The van der Waals surface area contributed by atoms with Gasteiger partial charge in [0, 0.05) is 25.2 Å². The topological polar surface area (TPSA) is 58.5 Å². The monoisotopic (exact) mass is 470 g/mol. The van der Waals surface area contributed by atoms with E-state index in [9.17, 15) is 4.39 Å². The molecule has 1 fully saturated rings. The van der Waals surface area contributed by atoms with Crippen LogP contribution in [0.4, 0.5) is 4.39 Å². The van der Waals surface area contributed by atoms with Gasteiger partial charge in [-0.3, -0.25) is 9.98 Å². The molecule has 1 saturated carbocycles. The summed E-state index contributed by atoms with van der Waals surface area (Å²) < 4.78 is 19.6. The second-order valence-corrected chi connectivity index (χ2v) is 6.15. The standard InChI is InChI=1S/C19H23FN4O.HI/c1-21-18(23-11-12-25-15-5-4-10-22-13-15)24-14-19(8-9-19)16-6-2-3-7-17(16)20;/h2-7,10,13H,8-9,11-12,14H2,1H3,(H2,21,23,24);1H. The molecule has 0 saturated heterocycles. The molecule has 0 amide bonds. The van der Waals surface area contributed by atoms with Gasteiger partial charge in [-0.05, 0) is 36.6 Å². The number of hydrogen-bond acceptors (Lipinski definition) is 3. The van der Waals surface area contributed by atoms with E-state index in [4.69, 9.17) is 4.74 Å². The molecule has 0 unspecified atom stereocenters. The lowest BCUT2D eigenvalue weighted by Crippen LogP contribution is -2.42. The van der Waals surface area contributed by atoms with Crippen molar-refractivity contribution < 1.29 is 9.13 Å². The van der Waals surface area contributed by atoms with Gasteiger partial charge in [-0.15, -0.1) is 24.0 Å². The average Bonchev–Trinajstić information content (AvgIpc) is 3.43. The van der Waals surface area contributed by atoms with E-state index in [1.165, 1.54) is 6.07 Å². The van der Waals surface area contributed by atoms with Crippen LogP contribution in [0, 0.1) is 5.82 Å². The van der Waals surface area contributed by atoms with Crippen LogP contribution in [0.5, 0.6) is 5.75 Å². The summed E-state index contributed by atoms with van der Waals surface area (Å²) in [4.78, 5) is 8.21. The minimum absolute atomic E-state index is 0. The van der Waals surface area contributed by atoms with E-state index in [2.05, 4.69) is 20.6 Å². The summed E-state index contributed by atoms with van der Waals surface area (Å²) in [6, 6.07) is 10.7. The Morgan fingerprint density at radius 3 is 2.69 bits per heavy atom. The molecule has 0 spiro atoms. The van der Waals surface area contributed by atoms with Gasteiger partial charge >= 0.3 is 0 Å². The molecule has 5 nitrogen and oxygen atoms in total. The van der Waals surface area contributed by atoms with Crippen molar-refractivity contribution in [2.45, 2.75) is 18.3 Å². The minimum Gasteiger partial charge on any atom is -0.490 e. The second kappa shape index (κ2) is 9.70. The van der Waals surface area contributed by atoms with Gasteiger partial charge in [0.05, 0.1) is 12.7 Å². The number of benzene rings is 1. The number of nitrogens with one attached hydrogen (secondary N) is 2. The van der Waals surface area contributed by atoms with E-state index in [1.54, 1.807) is 25.5 Å². The Morgan fingerprint density at radius 1 is 1.23 bits per heavy atom. The molecular weight excluding hydrogens is 446 g/mol. The zero-order valence-corrected chi connectivity index (χ0v) is 17.1. The third kappa shape index (κ3) is 5.30. The van der Waals surface area contributed by atoms with Crippen molar-refractivity contribution in [2.24, 2.45) is 4.99 Å². The van der Waals surface area contributed by atoms with Crippen LogP contribution in [-0.4, -0.2) is 37.7 Å². The maximum Gasteiger partial charge on any atom is 0.191 e. The first-order chi connectivity index (χ1) is 12.2. The van der Waals surface area contributed by atoms with Crippen molar-refractivity contribution in [1.29, 1.82) is 0 Å². The zero-order chi connectivity index (χ0) is 17.5. The SMILES string of the molecule is CN=C(NCCOc1cccnc1)NCC1(c2ccccc2F)CC1.I. The normalized spacial score (nSPS) is 14.9.